The fourth-order valence-electron chi connectivity index (χ4n) is 2.46. The second kappa shape index (κ2) is 7.70. The van der Waals surface area contributed by atoms with Crippen LogP contribution in [-0.4, -0.2) is 26.5 Å². The van der Waals surface area contributed by atoms with Gasteiger partial charge in [0.25, 0.3) is 10.0 Å². The maximum atomic E-state index is 12.8. The van der Waals surface area contributed by atoms with Crippen LogP contribution in [0.4, 0.5) is 5.69 Å². The van der Waals surface area contributed by atoms with Crippen LogP contribution >= 0.6 is 0 Å². The number of carboxylic acid groups (broad SMARTS) is 1. The van der Waals surface area contributed by atoms with Crippen molar-refractivity contribution in [2.75, 3.05) is 11.4 Å². The molecule has 2 rings (SSSR count). The molecule has 0 heterocycles. The normalized spacial score (nSPS) is 11.5. The second-order valence-electron chi connectivity index (χ2n) is 6.26. The Morgan fingerprint density at radius 3 is 2.32 bits per heavy atom. The number of aryl methyl sites for hydroxylation is 1. The third-order valence-corrected chi connectivity index (χ3v) is 5.91. The van der Waals surface area contributed by atoms with Gasteiger partial charge in [0.05, 0.1) is 10.6 Å². The quantitative estimate of drug-likeness (QED) is 0.817. The summed E-state index contributed by atoms with van der Waals surface area (Å²) in [5, 5.41) is 8.72. The van der Waals surface area contributed by atoms with Crippen LogP contribution in [0.3, 0.4) is 0 Å². The standard InChI is InChI=1S/C19H23NO4S/c1-14(2)16-5-4-6-17(13-16)20(3)25(23,24)18-10-7-15(8-11-18)9-12-19(21)22/h4-8,10-11,13-14H,9,12H2,1-3H3,(H,21,22). The molecule has 0 saturated heterocycles. The molecule has 5 nitrogen and oxygen atoms in total. The first-order chi connectivity index (χ1) is 11.7. The smallest absolute Gasteiger partial charge is 0.303 e. The van der Waals surface area contributed by atoms with Gasteiger partial charge in [-0.15, -0.1) is 0 Å². The van der Waals surface area contributed by atoms with E-state index in [1.54, 1.807) is 18.2 Å². The molecule has 0 radical (unpaired) electrons. The number of aliphatic carboxylic acids is 1. The van der Waals surface area contributed by atoms with Gasteiger partial charge in [-0.2, -0.15) is 0 Å². The highest BCUT2D eigenvalue weighted by molar-refractivity contribution is 7.92. The molecule has 1 N–H and O–H groups in total. The first kappa shape index (κ1) is 19.0. The van der Waals surface area contributed by atoms with Crippen molar-refractivity contribution in [2.24, 2.45) is 0 Å². The topological polar surface area (TPSA) is 74.7 Å². The molecule has 25 heavy (non-hydrogen) atoms. The third kappa shape index (κ3) is 4.60. The molecule has 0 aromatic heterocycles. The first-order valence-corrected chi connectivity index (χ1v) is 9.55. The van der Waals surface area contributed by atoms with Gasteiger partial charge in [0, 0.05) is 13.5 Å². The molecule has 0 saturated carbocycles. The van der Waals surface area contributed by atoms with Gasteiger partial charge in [0.15, 0.2) is 0 Å². The highest BCUT2D eigenvalue weighted by Crippen LogP contribution is 2.25. The Kier molecular flexibility index (Phi) is 5.85. The van der Waals surface area contributed by atoms with Gasteiger partial charge in [-0.3, -0.25) is 9.10 Å². The number of benzene rings is 2. The number of anilines is 1. The van der Waals surface area contributed by atoms with Crippen LogP contribution in [0.15, 0.2) is 53.4 Å². The van der Waals surface area contributed by atoms with Gasteiger partial charge in [0.2, 0.25) is 0 Å². The lowest BCUT2D eigenvalue weighted by atomic mass is 10.0. The highest BCUT2D eigenvalue weighted by Gasteiger charge is 2.21. The summed E-state index contributed by atoms with van der Waals surface area (Å²) < 4.78 is 26.9. The zero-order valence-corrected chi connectivity index (χ0v) is 15.5. The molecule has 0 fully saturated rings. The van der Waals surface area contributed by atoms with Gasteiger partial charge in [0.1, 0.15) is 0 Å². The van der Waals surface area contributed by atoms with E-state index in [9.17, 15) is 13.2 Å². The van der Waals surface area contributed by atoms with Gasteiger partial charge in [-0.25, -0.2) is 8.42 Å². The van der Waals surface area contributed by atoms with Crippen molar-refractivity contribution >= 4 is 21.7 Å². The number of nitrogens with zero attached hydrogens (tertiary/aromatic N) is 1. The fraction of sp³-hybridized carbons (Fsp3) is 0.316. The van der Waals surface area contributed by atoms with Crippen LogP contribution in [0.2, 0.25) is 0 Å². The van der Waals surface area contributed by atoms with E-state index in [-0.39, 0.29) is 11.3 Å². The first-order valence-electron chi connectivity index (χ1n) is 8.11. The van der Waals surface area contributed by atoms with E-state index >= 15 is 0 Å². The molecule has 0 aliphatic carbocycles. The summed E-state index contributed by atoms with van der Waals surface area (Å²) in [6, 6.07) is 13.8. The molecule has 134 valence electrons. The molecule has 0 unspecified atom stereocenters. The zero-order valence-electron chi connectivity index (χ0n) is 14.6. The lowest BCUT2D eigenvalue weighted by Crippen LogP contribution is -2.26. The van der Waals surface area contributed by atoms with Crippen LogP contribution < -0.4 is 4.31 Å². The van der Waals surface area contributed by atoms with Gasteiger partial charge in [-0.05, 0) is 47.7 Å². The predicted octanol–water partition coefficient (Wildman–Crippen LogP) is 3.65. The van der Waals surface area contributed by atoms with Gasteiger partial charge < -0.3 is 5.11 Å². The zero-order chi connectivity index (χ0) is 18.6. The number of carbonyl (C=O) groups is 1. The van der Waals surface area contributed by atoms with Crippen LogP contribution in [0.25, 0.3) is 0 Å². The Morgan fingerprint density at radius 2 is 1.76 bits per heavy atom. The fourth-order valence-corrected chi connectivity index (χ4v) is 3.64. The largest absolute Gasteiger partial charge is 0.481 e. The van der Waals surface area contributed by atoms with Gasteiger partial charge in [-0.1, -0.05) is 38.1 Å². The minimum absolute atomic E-state index is 0.0218. The summed E-state index contributed by atoms with van der Waals surface area (Å²) in [6.45, 7) is 4.12. The molecule has 2 aromatic rings. The Hall–Kier alpha value is -2.34. The molecule has 0 aliphatic heterocycles. The summed E-state index contributed by atoms with van der Waals surface area (Å²) in [6.07, 6.45) is 0.399. The number of carboxylic acids is 1. The summed E-state index contributed by atoms with van der Waals surface area (Å²) in [7, 11) is -2.13. The molecule has 0 bridgehead atoms. The van der Waals surface area contributed by atoms with Crippen molar-refractivity contribution in [3.8, 4) is 0 Å². The van der Waals surface area contributed by atoms with E-state index in [0.717, 1.165) is 11.1 Å². The third-order valence-electron chi connectivity index (χ3n) is 4.11. The maximum Gasteiger partial charge on any atom is 0.303 e. The van der Waals surface area contributed by atoms with E-state index in [1.807, 2.05) is 18.2 Å². The van der Waals surface area contributed by atoms with Crippen LogP contribution in [0, 0.1) is 0 Å². The lowest BCUT2D eigenvalue weighted by Gasteiger charge is -2.21. The van der Waals surface area contributed by atoms with E-state index in [4.69, 9.17) is 5.11 Å². The molecule has 0 aliphatic rings. The summed E-state index contributed by atoms with van der Waals surface area (Å²) >= 11 is 0. The average Bonchev–Trinajstić information content (AvgIpc) is 2.59. The van der Waals surface area contributed by atoms with Crippen LogP contribution in [0.5, 0.6) is 0 Å². The molecular formula is C19H23NO4S. The lowest BCUT2D eigenvalue weighted by molar-refractivity contribution is -0.136. The van der Waals surface area contributed by atoms with E-state index in [2.05, 4.69) is 13.8 Å². The van der Waals surface area contributed by atoms with Crippen molar-refractivity contribution in [1.29, 1.82) is 0 Å². The van der Waals surface area contributed by atoms with Gasteiger partial charge >= 0.3 is 5.97 Å². The highest BCUT2D eigenvalue weighted by atomic mass is 32.2. The van der Waals surface area contributed by atoms with Crippen molar-refractivity contribution in [2.45, 2.75) is 37.5 Å². The number of hydrogen-bond acceptors (Lipinski definition) is 3. The van der Waals surface area contributed by atoms with Crippen molar-refractivity contribution in [1.82, 2.24) is 0 Å². The van der Waals surface area contributed by atoms with Crippen LogP contribution in [-0.2, 0) is 21.2 Å². The molecule has 0 spiro atoms. The summed E-state index contributed by atoms with van der Waals surface area (Å²) in [5.41, 5.74) is 2.48. The molecule has 6 heteroatoms. The van der Waals surface area contributed by atoms with Crippen LogP contribution in [0.1, 0.15) is 37.3 Å². The number of hydrogen-bond donors (Lipinski definition) is 1. The average molecular weight is 361 g/mol. The Labute approximate surface area is 149 Å². The Bertz CT molecular complexity index is 842. The van der Waals surface area contributed by atoms with E-state index in [0.29, 0.717) is 18.0 Å². The summed E-state index contributed by atoms with van der Waals surface area (Å²) in [4.78, 5) is 10.8. The SMILES string of the molecule is CC(C)c1cccc(N(C)S(=O)(=O)c2ccc(CCC(=O)O)cc2)c1. The molecule has 0 atom stereocenters. The molecule has 0 amide bonds. The minimum atomic E-state index is -3.67. The van der Waals surface area contributed by atoms with E-state index in [1.165, 1.54) is 23.5 Å². The maximum absolute atomic E-state index is 12.8. The second-order valence-corrected chi connectivity index (χ2v) is 8.23. The molecular weight excluding hydrogens is 338 g/mol. The Balaban J connectivity index is 2.25. The monoisotopic (exact) mass is 361 g/mol. The molecule has 2 aromatic carbocycles. The van der Waals surface area contributed by atoms with Crippen molar-refractivity contribution in [3.05, 3.63) is 59.7 Å². The van der Waals surface area contributed by atoms with Crippen molar-refractivity contribution in [3.63, 3.8) is 0 Å². The minimum Gasteiger partial charge on any atom is -0.481 e. The van der Waals surface area contributed by atoms with Crippen molar-refractivity contribution < 1.29 is 18.3 Å². The summed E-state index contributed by atoms with van der Waals surface area (Å²) in [5.74, 6) is -0.564. The van der Waals surface area contributed by atoms with E-state index < -0.39 is 16.0 Å². The number of rotatable bonds is 7. The Morgan fingerprint density at radius 1 is 1.12 bits per heavy atom. The number of sulfonamides is 1. The predicted molar refractivity (Wildman–Crippen MR) is 98.5 cm³/mol.